The second kappa shape index (κ2) is 3.00. The van der Waals surface area contributed by atoms with Gasteiger partial charge in [0.1, 0.15) is 0 Å². The van der Waals surface area contributed by atoms with Crippen LogP contribution in [0.15, 0.2) is 0 Å². The van der Waals surface area contributed by atoms with Crippen molar-refractivity contribution in [1.82, 2.24) is 0 Å². The first-order valence-electron chi connectivity index (χ1n) is 5.05. The van der Waals surface area contributed by atoms with Crippen LogP contribution in [0.2, 0.25) is 0 Å². The summed E-state index contributed by atoms with van der Waals surface area (Å²) in [6.07, 6.45) is 5.25. The van der Waals surface area contributed by atoms with E-state index < -0.39 is 0 Å². The smallest absolute Gasteiger partial charge is 0.171 e. The minimum atomic E-state index is -0.197. The first-order chi connectivity index (χ1) is 5.73. The highest BCUT2D eigenvalue weighted by Gasteiger charge is 2.45. The average molecular weight is 170 g/mol. The van der Waals surface area contributed by atoms with E-state index in [0.717, 1.165) is 13.0 Å². The molecule has 3 atom stereocenters. The molecule has 70 valence electrons. The second-order valence-corrected chi connectivity index (χ2v) is 4.20. The van der Waals surface area contributed by atoms with Crippen LogP contribution >= 0.6 is 0 Å². The molecule has 1 saturated heterocycles. The molecule has 0 unspecified atom stereocenters. The summed E-state index contributed by atoms with van der Waals surface area (Å²) < 4.78 is 11.7. The Labute approximate surface area is 74.2 Å². The number of ether oxygens (including phenoxy) is 2. The lowest BCUT2D eigenvalue weighted by atomic mass is 9.84. The third-order valence-corrected chi connectivity index (χ3v) is 3.13. The Hall–Kier alpha value is -0.0800. The van der Waals surface area contributed by atoms with E-state index in [-0.39, 0.29) is 5.79 Å². The molecule has 12 heavy (non-hydrogen) atoms. The third-order valence-electron chi connectivity index (χ3n) is 3.13. The first-order valence-corrected chi connectivity index (χ1v) is 5.05. The van der Waals surface area contributed by atoms with Crippen molar-refractivity contribution in [3.8, 4) is 0 Å². The Morgan fingerprint density at radius 1 is 1.25 bits per heavy atom. The molecule has 0 aromatic carbocycles. The van der Waals surface area contributed by atoms with Gasteiger partial charge in [-0.15, -0.1) is 0 Å². The van der Waals surface area contributed by atoms with Gasteiger partial charge in [0.15, 0.2) is 5.79 Å². The SMILES string of the molecule is C[C@H]1CO[C@]2(CCCC[C@@H]2C)O1. The zero-order valence-electron chi connectivity index (χ0n) is 8.01. The zero-order chi connectivity index (χ0) is 8.60. The summed E-state index contributed by atoms with van der Waals surface area (Å²) in [5.41, 5.74) is 0. The molecule has 1 spiro atoms. The van der Waals surface area contributed by atoms with Crippen molar-refractivity contribution in [3.63, 3.8) is 0 Å². The van der Waals surface area contributed by atoms with E-state index in [0.29, 0.717) is 12.0 Å². The highest BCUT2D eigenvalue weighted by molar-refractivity contribution is 4.85. The van der Waals surface area contributed by atoms with Crippen molar-refractivity contribution in [2.24, 2.45) is 5.92 Å². The van der Waals surface area contributed by atoms with Gasteiger partial charge >= 0.3 is 0 Å². The van der Waals surface area contributed by atoms with Gasteiger partial charge in [-0.25, -0.2) is 0 Å². The van der Waals surface area contributed by atoms with E-state index in [2.05, 4.69) is 13.8 Å². The molecule has 0 radical (unpaired) electrons. The fraction of sp³-hybridized carbons (Fsp3) is 1.00. The van der Waals surface area contributed by atoms with E-state index in [1.54, 1.807) is 0 Å². The van der Waals surface area contributed by atoms with E-state index in [9.17, 15) is 0 Å². The van der Waals surface area contributed by atoms with E-state index in [4.69, 9.17) is 9.47 Å². The monoisotopic (exact) mass is 170 g/mol. The molecule has 1 saturated carbocycles. The van der Waals surface area contributed by atoms with Gasteiger partial charge in [-0.2, -0.15) is 0 Å². The third kappa shape index (κ3) is 1.27. The quantitative estimate of drug-likeness (QED) is 0.555. The van der Waals surface area contributed by atoms with Crippen molar-refractivity contribution in [2.45, 2.75) is 51.4 Å². The molecule has 0 bridgehead atoms. The minimum Gasteiger partial charge on any atom is -0.347 e. The van der Waals surface area contributed by atoms with Gasteiger partial charge in [0.05, 0.1) is 12.7 Å². The molecule has 2 heteroatoms. The minimum absolute atomic E-state index is 0.197. The molecule has 0 N–H and O–H groups in total. The molecule has 1 heterocycles. The molecule has 2 aliphatic rings. The molecule has 2 fully saturated rings. The molecule has 2 nitrogen and oxygen atoms in total. The fourth-order valence-electron chi connectivity index (χ4n) is 2.34. The molecular formula is C10H18O2. The van der Waals surface area contributed by atoms with Crippen LogP contribution in [0, 0.1) is 5.92 Å². The number of hydrogen-bond donors (Lipinski definition) is 0. The zero-order valence-corrected chi connectivity index (χ0v) is 8.01. The van der Waals surface area contributed by atoms with Crippen molar-refractivity contribution >= 4 is 0 Å². The van der Waals surface area contributed by atoms with Gasteiger partial charge in [-0.3, -0.25) is 0 Å². The largest absolute Gasteiger partial charge is 0.347 e. The number of rotatable bonds is 0. The van der Waals surface area contributed by atoms with Crippen LogP contribution in [0.25, 0.3) is 0 Å². The van der Waals surface area contributed by atoms with Crippen LogP contribution in [0.5, 0.6) is 0 Å². The van der Waals surface area contributed by atoms with E-state index in [1.165, 1.54) is 19.3 Å². The van der Waals surface area contributed by atoms with Crippen LogP contribution in [-0.2, 0) is 9.47 Å². The first kappa shape index (κ1) is 8.52. The van der Waals surface area contributed by atoms with Crippen LogP contribution in [0.1, 0.15) is 39.5 Å². The molecule has 0 aromatic rings. The van der Waals surface area contributed by atoms with Crippen LogP contribution in [0.3, 0.4) is 0 Å². The fourth-order valence-corrected chi connectivity index (χ4v) is 2.34. The van der Waals surface area contributed by atoms with Crippen LogP contribution < -0.4 is 0 Å². The highest BCUT2D eigenvalue weighted by atomic mass is 16.7. The number of hydrogen-bond acceptors (Lipinski definition) is 2. The van der Waals surface area contributed by atoms with Crippen molar-refractivity contribution in [1.29, 1.82) is 0 Å². The summed E-state index contributed by atoms with van der Waals surface area (Å²) in [5.74, 6) is 0.383. The molecule has 0 aromatic heterocycles. The van der Waals surface area contributed by atoms with E-state index in [1.807, 2.05) is 0 Å². The van der Waals surface area contributed by atoms with Gasteiger partial charge in [-0.05, 0) is 19.8 Å². The summed E-state index contributed by atoms with van der Waals surface area (Å²) in [6.45, 7) is 5.12. The molecule has 2 rings (SSSR count). The maximum atomic E-state index is 5.88. The maximum absolute atomic E-state index is 5.88. The predicted octanol–water partition coefficient (Wildman–Crippen LogP) is 2.33. The topological polar surface area (TPSA) is 18.5 Å². The molecule has 0 amide bonds. The lowest BCUT2D eigenvalue weighted by Crippen LogP contribution is -2.40. The average Bonchev–Trinajstić information content (AvgIpc) is 2.41. The lowest BCUT2D eigenvalue weighted by molar-refractivity contribution is -0.215. The summed E-state index contributed by atoms with van der Waals surface area (Å²) in [5, 5.41) is 0. The predicted molar refractivity (Wildman–Crippen MR) is 46.9 cm³/mol. The molecular weight excluding hydrogens is 152 g/mol. The molecule has 1 aliphatic carbocycles. The van der Waals surface area contributed by atoms with Crippen molar-refractivity contribution in [3.05, 3.63) is 0 Å². The van der Waals surface area contributed by atoms with Gasteiger partial charge in [0, 0.05) is 12.3 Å². The second-order valence-electron chi connectivity index (χ2n) is 4.20. The van der Waals surface area contributed by atoms with Crippen molar-refractivity contribution < 1.29 is 9.47 Å². The Bertz CT molecular complexity index is 165. The maximum Gasteiger partial charge on any atom is 0.171 e. The Morgan fingerprint density at radius 2 is 2.08 bits per heavy atom. The Morgan fingerprint density at radius 3 is 2.67 bits per heavy atom. The normalized spacial score (nSPS) is 48.5. The van der Waals surface area contributed by atoms with Crippen molar-refractivity contribution in [2.75, 3.05) is 6.61 Å². The summed E-state index contributed by atoms with van der Waals surface area (Å²) in [4.78, 5) is 0. The van der Waals surface area contributed by atoms with Crippen LogP contribution in [0.4, 0.5) is 0 Å². The van der Waals surface area contributed by atoms with Crippen LogP contribution in [-0.4, -0.2) is 18.5 Å². The van der Waals surface area contributed by atoms with Gasteiger partial charge in [-0.1, -0.05) is 13.3 Å². The lowest BCUT2D eigenvalue weighted by Gasteiger charge is -2.37. The standard InChI is InChI=1S/C10H18O2/c1-8-5-3-4-6-10(8)11-7-9(2)12-10/h8-9H,3-7H2,1-2H3/t8-,9-,10+/m0/s1. The Kier molecular flexibility index (Phi) is 2.13. The molecule has 1 aliphatic heterocycles. The summed E-state index contributed by atoms with van der Waals surface area (Å²) in [7, 11) is 0. The van der Waals surface area contributed by atoms with Gasteiger partial charge in [0.25, 0.3) is 0 Å². The summed E-state index contributed by atoms with van der Waals surface area (Å²) in [6, 6.07) is 0. The summed E-state index contributed by atoms with van der Waals surface area (Å²) >= 11 is 0. The Balaban J connectivity index is 2.07. The highest BCUT2D eigenvalue weighted by Crippen LogP contribution is 2.41. The van der Waals surface area contributed by atoms with Gasteiger partial charge in [0.2, 0.25) is 0 Å². The van der Waals surface area contributed by atoms with Gasteiger partial charge < -0.3 is 9.47 Å². The van der Waals surface area contributed by atoms with E-state index >= 15 is 0 Å².